The first-order chi connectivity index (χ1) is 15.7. The number of hydrogen-bond acceptors (Lipinski definition) is 8. The summed E-state index contributed by atoms with van der Waals surface area (Å²) in [7, 11) is -4.35. The lowest BCUT2D eigenvalue weighted by molar-refractivity contribution is 0.0980. The Labute approximate surface area is 200 Å². The van der Waals surface area contributed by atoms with Crippen LogP contribution in [0.25, 0.3) is 0 Å². The van der Waals surface area contributed by atoms with Crippen LogP contribution >= 0.6 is 0 Å². The van der Waals surface area contributed by atoms with Gasteiger partial charge in [-0.1, -0.05) is 26.8 Å². The standard InChI is InChI=1S/C23H32FN5O4S/c1-13(2)15(4)33-22-17(24)12-16(20(27-22)29-11-10-14(3)23(29,5)6)21(30)28-34(31,32)19-9-7-8-18(25)26-19/h7-9,12-15H,10-11H2,1-6H3,(H2,25,26)(H,28,30). The van der Waals surface area contributed by atoms with Crippen molar-refractivity contribution in [3.05, 3.63) is 35.6 Å². The number of sulfonamides is 1. The van der Waals surface area contributed by atoms with Crippen LogP contribution in [0.4, 0.5) is 16.0 Å². The third-order valence-electron chi connectivity index (χ3n) is 6.60. The molecule has 1 fully saturated rings. The summed E-state index contributed by atoms with van der Waals surface area (Å²) in [6.07, 6.45) is 0.507. The molecule has 0 aliphatic carbocycles. The van der Waals surface area contributed by atoms with Crippen LogP contribution in [-0.4, -0.2) is 42.5 Å². The zero-order valence-corrected chi connectivity index (χ0v) is 21.1. The largest absolute Gasteiger partial charge is 0.472 e. The van der Waals surface area contributed by atoms with Crippen molar-refractivity contribution in [2.75, 3.05) is 17.2 Å². The lowest BCUT2D eigenvalue weighted by atomic mass is 9.90. The maximum absolute atomic E-state index is 15.0. The monoisotopic (exact) mass is 493 g/mol. The van der Waals surface area contributed by atoms with Gasteiger partial charge in [-0.15, -0.1) is 0 Å². The molecular weight excluding hydrogens is 461 g/mol. The van der Waals surface area contributed by atoms with Gasteiger partial charge in [-0.2, -0.15) is 13.4 Å². The molecule has 1 aliphatic heterocycles. The number of carbonyl (C=O) groups excluding carboxylic acids is 1. The normalized spacial score (nSPS) is 18.7. The van der Waals surface area contributed by atoms with Crippen molar-refractivity contribution in [3.63, 3.8) is 0 Å². The minimum Gasteiger partial charge on any atom is -0.472 e. The predicted molar refractivity (Wildman–Crippen MR) is 128 cm³/mol. The number of nitrogen functional groups attached to an aromatic ring is 1. The van der Waals surface area contributed by atoms with E-state index in [1.807, 2.05) is 37.3 Å². The first kappa shape index (κ1) is 25.7. The minimum atomic E-state index is -4.35. The number of nitrogens with one attached hydrogen (secondary N) is 1. The summed E-state index contributed by atoms with van der Waals surface area (Å²) in [5, 5.41) is -0.420. The zero-order valence-electron chi connectivity index (χ0n) is 20.3. The molecule has 3 heterocycles. The maximum Gasteiger partial charge on any atom is 0.281 e. The second-order valence-corrected chi connectivity index (χ2v) is 11.2. The van der Waals surface area contributed by atoms with Gasteiger partial charge in [0, 0.05) is 12.1 Å². The quantitative estimate of drug-likeness (QED) is 0.601. The van der Waals surface area contributed by atoms with E-state index in [-0.39, 0.29) is 41.0 Å². The average molecular weight is 494 g/mol. The zero-order chi connectivity index (χ0) is 25.4. The first-order valence-corrected chi connectivity index (χ1v) is 12.7. The number of nitrogens with zero attached hydrogens (tertiary/aromatic N) is 3. The van der Waals surface area contributed by atoms with Crippen LogP contribution in [0, 0.1) is 17.7 Å². The molecule has 34 heavy (non-hydrogen) atoms. The van der Waals surface area contributed by atoms with Crippen LogP contribution in [0.2, 0.25) is 0 Å². The molecule has 2 atom stereocenters. The number of anilines is 2. The Morgan fingerprint density at radius 1 is 1.29 bits per heavy atom. The lowest BCUT2D eigenvalue weighted by Crippen LogP contribution is -2.44. The van der Waals surface area contributed by atoms with E-state index >= 15 is 4.39 Å². The number of amides is 1. The van der Waals surface area contributed by atoms with E-state index in [0.29, 0.717) is 6.54 Å². The number of hydrogen-bond donors (Lipinski definition) is 2. The van der Waals surface area contributed by atoms with Crippen molar-refractivity contribution in [2.24, 2.45) is 11.8 Å². The molecule has 0 saturated carbocycles. The highest BCUT2D eigenvalue weighted by atomic mass is 32.2. The summed E-state index contributed by atoms with van der Waals surface area (Å²) in [5.41, 5.74) is 4.96. The van der Waals surface area contributed by atoms with Crippen molar-refractivity contribution in [2.45, 2.75) is 64.6 Å². The minimum absolute atomic E-state index is 0.0164. The van der Waals surface area contributed by atoms with Gasteiger partial charge >= 0.3 is 0 Å². The summed E-state index contributed by atoms with van der Waals surface area (Å²) in [6, 6.07) is 5.01. The van der Waals surface area contributed by atoms with E-state index in [0.717, 1.165) is 12.5 Å². The topological polar surface area (TPSA) is 128 Å². The Morgan fingerprint density at radius 3 is 2.53 bits per heavy atom. The van der Waals surface area contributed by atoms with Crippen LogP contribution < -0.4 is 20.1 Å². The fourth-order valence-corrected chi connectivity index (χ4v) is 4.59. The lowest BCUT2D eigenvalue weighted by Gasteiger charge is -2.36. The number of rotatable bonds is 7. The summed E-state index contributed by atoms with van der Waals surface area (Å²) >= 11 is 0. The molecule has 11 heteroatoms. The fraction of sp³-hybridized carbons (Fsp3) is 0.522. The van der Waals surface area contributed by atoms with Crippen LogP contribution in [0.5, 0.6) is 5.88 Å². The molecule has 2 aromatic heterocycles. The third kappa shape index (κ3) is 5.08. The molecular formula is C23H32FN5O4S. The number of halogens is 1. The van der Waals surface area contributed by atoms with Crippen molar-refractivity contribution < 1.29 is 22.3 Å². The average Bonchev–Trinajstić information content (AvgIpc) is 3.01. The van der Waals surface area contributed by atoms with Crippen molar-refractivity contribution in [3.8, 4) is 5.88 Å². The van der Waals surface area contributed by atoms with E-state index in [1.54, 1.807) is 6.92 Å². The van der Waals surface area contributed by atoms with Gasteiger partial charge in [-0.05, 0) is 57.2 Å². The van der Waals surface area contributed by atoms with Crippen LogP contribution in [0.15, 0.2) is 29.3 Å². The molecule has 0 spiro atoms. The number of ether oxygens (including phenoxy) is 1. The van der Waals surface area contributed by atoms with Crippen LogP contribution in [0.3, 0.4) is 0 Å². The number of nitrogens with two attached hydrogens (primary N) is 1. The van der Waals surface area contributed by atoms with Crippen LogP contribution in [0.1, 0.15) is 58.3 Å². The fourth-order valence-electron chi connectivity index (χ4n) is 3.65. The Hall–Kier alpha value is -2.95. The van der Waals surface area contributed by atoms with E-state index in [2.05, 4.69) is 16.9 Å². The van der Waals surface area contributed by atoms with Crippen LogP contribution in [-0.2, 0) is 10.0 Å². The van der Waals surface area contributed by atoms with Gasteiger partial charge in [0.05, 0.1) is 5.56 Å². The molecule has 0 bridgehead atoms. The highest BCUT2D eigenvalue weighted by Crippen LogP contribution is 2.40. The molecule has 2 aromatic rings. The molecule has 2 unspecified atom stereocenters. The molecule has 3 N–H and O–H groups in total. The molecule has 0 radical (unpaired) electrons. The van der Waals surface area contributed by atoms with Gasteiger partial charge in [-0.25, -0.2) is 14.1 Å². The summed E-state index contributed by atoms with van der Waals surface area (Å²) in [6.45, 7) is 12.3. The van der Waals surface area contributed by atoms with Gasteiger partial charge < -0.3 is 15.4 Å². The molecule has 9 nitrogen and oxygen atoms in total. The predicted octanol–water partition coefficient (Wildman–Crippen LogP) is 3.36. The molecule has 1 amide bonds. The third-order valence-corrected chi connectivity index (χ3v) is 7.83. The van der Waals surface area contributed by atoms with Crippen molar-refractivity contribution in [1.82, 2.24) is 14.7 Å². The second-order valence-electron chi connectivity index (χ2n) is 9.54. The first-order valence-electron chi connectivity index (χ1n) is 11.2. The Bertz CT molecular complexity index is 1190. The van der Waals surface area contributed by atoms with E-state index in [1.165, 1.54) is 18.2 Å². The molecule has 0 aromatic carbocycles. The second kappa shape index (κ2) is 9.36. The highest BCUT2D eigenvalue weighted by molar-refractivity contribution is 7.90. The van der Waals surface area contributed by atoms with Gasteiger partial charge in [0.25, 0.3) is 21.8 Å². The summed E-state index contributed by atoms with van der Waals surface area (Å²) in [5.74, 6) is -1.60. The Kier molecular flexibility index (Phi) is 7.07. The summed E-state index contributed by atoms with van der Waals surface area (Å²) in [4.78, 5) is 23.2. The molecule has 1 saturated heterocycles. The van der Waals surface area contributed by atoms with Gasteiger partial charge in [0.2, 0.25) is 0 Å². The van der Waals surface area contributed by atoms with Gasteiger partial charge in [0.15, 0.2) is 10.8 Å². The number of carbonyl (C=O) groups is 1. The smallest absolute Gasteiger partial charge is 0.281 e. The van der Waals surface area contributed by atoms with E-state index < -0.39 is 32.3 Å². The maximum atomic E-state index is 15.0. The van der Waals surface area contributed by atoms with Gasteiger partial charge in [-0.3, -0.25) is 4.79 Å². The van der Waals surface area contributed by atoms with Gasteiger partial charge in [0.1, 0.15) is 17.7 Å². The molecule has 3 rings (SSSR count). The van der Waals surface area contributed by atoms with Crippen molar-refractivity contribution >= 4 is 27.6 Å². The van der Waals surface area contributed by atoms with Crippen molar-refractivity contribution in [1.29, 1.82) is 0 Å². The molecule has 186 valence electrons. The summed E-state index contributed by atoms with van der Waals surface area (Å²) < 4.78 is 48.2. The number of aromatic nitrogens is 2. The Balaban J connectivity index is 2.06. The SMILES string of the molecule is CC(C)C(C)Oc1nc(N2CCC(C)C2(C)C)c(C(=O)NS(=O)(=O)c2cccc(N)n2)cc1F. The molecule has 1 aliphatic rings. The van der Waals surface area contributed by atoms with E-state index in [4.69, 9.17) is 10.5 Å². The number of pyridine rings is 2. The highest BCUT2D eigenvalue weighted by Gasteiger charge is 2.41. The Morgan fingerprint density at radius 2 is 1.97 bits per heavy atom. The van der Waals surface area contributed by atoms with E-state index in [9.17, 15) is 13.2 Å².